The molecule has 1 aromatic heterocycles. The highest BCUT2D eigenvalue weighted by Crippen LogP contribution is 2.21. The van der Waals surface area contributed by atoms with Gasteiger partial charge in [-0.25, -0.2) is 4.39 Å². The van der Waals surface area contributed by atoms with Gasteiger partial charge >= 0.3 is 0 Å². The Morgan fingerprint density at radius 2 is 2.17 bits per heavy atom. The summed E-state index contributed by atoms with van der Waals surface area (Å²) in [4.78, 5) is 16.0. The molecular weight excluding hydrogens is 321 g/mol. The van der Waals surface area contributed by atoms with Crippen molar-refractivity contribution in [2.24, 2.45) is 0 Å². The number of ketones is 1. The second kappa shape index (κ2) is 5.59. The van der Waals surface area contributed by atoms with Gasteiger partial charge in [-0.05, 0) is 29.8 Å². The van der Waals surface area contributed by atoms with E-state index in [9.17, 15) is 9.18 Å². The number of halogens is 3. The first-order chi connectivity index (χ1) is 8.58. The molecule has 2 rings (SSSR count). The number of pyridine rings is 1. The molecule has 0 aliphatic rings. The molecule has 1 heterocycles. The van der Waals surface area contributed by atoms with E-state index in [1.807, 2.05) is 0 Å². The lowest BCUT2D eigenvalue weighted by Gasteiger charge is -2.05. The Morgan fingerprint density at radius 3 is 2.83 bits per heavy atom. The van der Waals surface area contributed by atoms with Gasteiger partial charge in [-0.1, -0.05) is 33.6 Å². The third-order valence-electron chi connectivity index (χ3n) is 2.39. The van der Waals surface area contributed by atoms with Crippen molar-refractivity contribution in [3.05, 3.63) is 63.1 Å². The van der Waals surface area contributed by atoms with Crippen molar-refractivity contribution in [1.82, 2.24) is 4.98 Å². The average molecular weight is 329 g/mol. The topological polar surface area (TPSA) is 30.0 Å². The Morgan fingerprint density at radius 1 is 1.39 bits per heavy atom. The summed E-state index contributed by atoms with van der Waals surface area (Å²) in [5, 5.41) is 0.320. The number of aromatic nitrogens is 1. The first kappa shape index (κ1) is 13.2. The lowest BCUT2D eigenvalue weighted by molar-refractivity contribution is 0.0988. The third-order valence-corrected chi connectivity index (χ3v) is 3.43. The molecule has 0 fully saturated rings. The second-order valence-electron chi connectivity index (χ2n) is 3.67. The van der Waals surface area contributed by atoms with Crippen LogP contribution in [0.3, 0.4) is 0 Å². The highest BCUT2D eigenvalue weighted by Gasteiger charge is 2.14. The normalized spacial score (nSPS) is 10.4. The summed E-state index contributed by atoms with van der Waals surface area (Å²) in [6.07, 6.45) is 1.64. The minimum absolute atomic E-state index is 0.123. The van der Waals surface area contributed by atoms with E-state index >= 15 is 0 Å². The fraction of sp³-hybridized carbons (Fsp3) is 0.0769. The maximum Gasteiger partial charge on any atom is 0.187 e. The van der Waals surface area contributed by atoms with Gasteiger partial charge in [0.1, 0.15) is 11.5 Å². The Labute approximate surface area is 117 Å². The van der Waals surface area contributed by atoms with Crippen LogP contribution >= 0.6 is 27.5 Å². The minimum Gasteiger partial charge on any atom is -0.292 e. The van der Waals surface area contributed by atoms with Crippen LogP contribution in [0, 0.1) is 5.82 Å². The molecule has 2 nitrogen and oxygen atoms in total. The van der Waals surface area contributed by atoms with Crippen LogP contribution < -0.4 is 0 Å². The number of rotatable bonds is 3. The Kier molecular flexibility index (Phi) is 4.09. The largest absolute Gasteiger partial charge is 0.292 e. The van der Waals surface area contributed by atoms with Gasteiger partial charge in [0.15, 0.2) is 5.78 Å². The fourth-order valence-electron chi connectivity index (χ4n) is 1.51. The molecule has 1 aromatic carbocycles. The average Bonchev–Trinajstić information content (AvgIpc) is 2.33. The highest BCUT2D eigenvalue weighted by atomic mass is 79.9. The van der Waals surface area contributed by atoms with Crippen molar-refractivity contribution in [3.63, 3.8) is 0 Å². The zero-order chi connectivity index (χ0) is 13.1. The van der Waals surface area contributed by atoms with Crippen LogP contribution in [-0.4, -0.2) is 10.8 Å². The summed E-state index contributed by atoms with van der Waals surface area (Å²) < 4.78 is 13.5. The Balaban J connectivity index is 2.24. The smallest absolute Gasteiger partial charge is 0.187 e. The number of carbonyl (C=O) groups is 1. The van der Waals surface area contributed by atoms with E-state index < -0.39 is 0 Å². The summed E-state index contributed by atoms with van der Waals surface area (Å²) in [6, 6.07) is 7.47. The molecular formula is C13H8BrClFNO. The first-order valence-corrected chi connectivity index (χ1v) is 6.32. The lowest BCUT2D eigenvalue weighted by Crippen LogP contribution is -2.07. The van der Waals surface area contributed by atoms with Crippen molar-refractivity contribution in [2.75, 3.05) is 0 Å². The van der Waals surface area contributed by atoms with Gasteiger partial charge in [0.05, 0.1) is 5.02 Å². The number of hydrogen-bond acceptors (Lipinski definition) is 2. The molecule has 0 aliphatic carbocycles. The molecule has 0 unspecified atom stereocenters. The van der Waals surface area contributed by atoms with Gasteiger partial charge in [0.25, 0.3) is 0 Å². The zero-order valence-corrected chi connectivity index (χ0v) is 11.5. The van der Waals surface area contributed by atoms with Crippen LogP contribution in [-0.2, 0) is 6.42 Å². The Hall–Kier alpha value is -1.26. The molecule has 0 atom stereocenters. The van der Waals surface area contributed by atoms with Gasteiger partial charge in [-0.15, -0.1) is 0 Å². The number of Topliss-reactive ketones (excluding diaryl/α,β-unsaturated/α-hetero) is 1. The predicted molar refractivity (Wildman–Crippen MR) is 71.4 cm³/mol. The summed E-state index contributed by atoms with van der Waals surface area (Å²) in [5.74, 6) is -0.554. The highest BCUT2D eigenvalue weighted by molar-refractivity contribution is 9.10. The number of nitrogens with zero attached hydrogens (tertiary/aromatic N) is 1. The standard InChI is InChI=1S/C13H8BrClFNO/c14-10-7-9(16)4-3-8(10)6-12(18)13-11(15)2-1-5-17-13/h1-5,7H,6H2. The van der Waals surface area contributed by atoms with E-state index in [-0.39, 0.29) is 23.7 Å². The number of carbonyl (C=O) groups excluding carboxylic acids is 1. The molecule has 0 bridgehead atoms. The van der Waals surface area contributed by atoms with Gasteiger partial charge in [-0.3, -0.25) is 9.78 Å². The third kappa shape index (κ3) is 2.94. The van der Waals surface area contributed by atoms with Crippen LogP contribution in [0.5, 0.6) is 0 Å². The van der Waals surface area contributed by atoms with Crippen molar-refractivity contribution < 1.29 is 9.18 Å². The molecule has 0 aliphatic heterocycles. The van der Waals surface area contributed by atoms with Gasteiger partial charge < -0.3 is 0 Å². The van der Waals surface area contributed by atoms with E-state index in [0.717, 1.165) is 0 Å². The van der Waals surface area contributed by atoms with E-state index in [2.05, 4.69) is 20.9 Å². The molecule has 5 heteroatoms. The minimum atomic E-state index is -0.353. The lowest BCUT2D eigenvalue weighted by atomic mass is 10.1. The molecule has 92 valence electrons. The summed E-state index contributed by atoms with van der Waals surface area (Å²) in [7, 11) is 0. The van der Waals surface area contributed by atoms with Gasteiger partial charge in [0.2, 0.25) is 0 Å². The predicted octanol–water partition coefficient (Wildman–Crippen LogP) is 4.06. The van der Waals surface area contributed by atoms with Crippen LogP contribution in [0.15, 0.2) is 41.0 Å². The first-order valence-electron chi connectivity index (χ1n) is 5.15. The molecule has 18 heavy (non-hydrogen) atoms. The van der Waals surface area contributed by atoms with E-state index in [0.29, 0.717) is 15.1 Å². The van der Waals surface area contributed by atoms with Gasteiger partial charge in [-0.2, -0.15) is 0 Å². The summed E-state index contributed by atoms with van der Waals surface area (Å²) >= 11 is 9.12. The van der Waals surface area contributed by atoms with Crippen molar-refractivity contribution in [2.45, 2.75) is 6.42 Å². The molecule has 0 amide bonds. The molecule has 0 saturated carbocycles. The quantitative estimate of drug-likeness (QED) is 0.795. The number of benzene rings is 1. The fourth-order valence-corrected chi connectivity index (χ4v) is 2.23. The monoisotopic (exact) mass is 327 g/mol. The van der Waals surface area contributed by atoms with Crippen LogP contribution in [0.4, 0.5) is 4.39 Å². The summed E-state index contributed by atoms with van der Waals surface area (Å²) in [6.45, 7) is 0. The SMILES string of the molecule is O=C(Cc1ccc(F)cc1Br)c1ncccc1Cl. The summed E-state index contributed by atoms with van der Waals surface area (Å²) in [5.41, 5.74) is 0.929. The van der Waals surface area contributed by atoms with Crippen LogP contribution in [0.1, 0.15) is 16.1 Å². The van der Waals surface area contributed by atoms with E-state index in [1.54, 1.807) is 18.2 Å². The van der Waals surface area contributed by atoms with Crippen molar-refractivity contribution in [1.29, 1.82) is 0 Å². The van der Waals surface area contributed by atoms with Gasteiger partial charge in [0, 0.05) is 17.1 Å². The van der Waals surface area contributed by atoms with E-state index in [4.69, 9.17) is 11.6 Å². The molecule has 2 aromatic rings. The molecule has 0 N–H and O–H groups in total. The molecule has 0 radical (unpaired) electrons. The zero-order valence-electron chi connectivity index (χ0n) is 9.16. The molecule has 0 spiro atoms. The van der Waals surface area contributed by atoms with E-state index in [1.165, 1.54) is 18.3 Å². The maximum absolute atomic E-state index is 12.9. The Bertz CT molecular complexity index is 603. The van der Waals surface area contributed by atoms with Crippen molar-refractivity contribution >= 4 is 33.3 Å². The second-order valence-corrected chi connectivity index (χ2v) is 4.93. The number of hydrogen-bond donors (Lipinski definition) is 0. The molecule has 0 saturated heterocycles. The maximum atomic E-state index is 12.9. The van der Waals surface area contributed by atoms with Crippen molar-refractivity contribution in [3.8, 4) is 0 Å². The van der Waals surface area contributed by atoms with Crippen LogP contribution in [0.2, 0.25) is 5.02 Å². The van der Waals surface area contributed by atoms with Crippen LogP contribution in [0.25, 0.3) is 0 Å².